The Balaban J connectivity index is 1.69. The zero-order valence-corrected chi connectivity index (χ0v) is 12.2. The highest BCUT2D eigenvalue weighted by Gasteiger charge is 2.44. The Kier molecular flexibility index (Phi) is 3.91. The van der Waals surface area contributed by atoms with Crippen LogP contribution in [0.5, 0.6) is 5.75 Å². The van der Waals surface area contributed by atoms with Crippen molar-refractivity contribution in [3.8, 4) is 11.8 Å². The fourth-order valence-corrected chi connectivity index (χ4v) is 5.06. The Bertz CT molecular complexity index is 496. The van der Waals surface area contributed by atoms with Crippen LogP contribution >= 0.6 is 11.8 Å². The summed E-state index contributed by atoms with van der Waals surface area (Å²) in [4.78, 5) is 0. The second-order valence-electron chi connectivity index (χ2n) is 5.68. The van der Waals surface area contributed by atoms with Crippen LogP contribution in [0.25, 0.3) is 0 Å². The van der Waals surface area contributed by atoms with E-state index >= 15 is 0 Å². The summed E-state index contributed by atoms with van der Waals surface area (Å²) in [7, 11) is 0. The van der Waals surface area contributed by atoms with Gasteiger partial charge >= 0.3 is 0 Å². The molecule has 3 nitrogen and oxygen atoms in total. The first kappa shape index (κ1) is 13.8. The van der Waals surface area contributed by atoms with Gasteiger partial charge in [0, 0.05) is 10.5 Å². The van der Waals surface area contributed by atoms with Crippen molar-refractivity contribution in [1.82, 2.24) is 0 Å². The molecule has 1 aromatic carbocycles. The molecule has 0 spiro atoms. The van der Waals surface area contributed by atoms with Gasteiger partial charge in [-0.3, -0.25) is 0 Å². The van der Waals surface area contributed by atoms with Gasteiger partial charge in [-0.25, -0.2) is 0 Å². The predicted octanol–water partition coefficient (Wildman–Crippen LogP) is 3.22. The quantitative estimate of drug-likeness (QED) is 0.865. The first-order chi connectivity index (χ1) is 9.69. The van der Waals surface area contributed by atoms with Crippen LogP contribution in [0.3, 0.4) is 0 Å². The number of aliphatic hydroxyl groups is 1. The molecule has 3 rings (SSSR count). The van der Waals surface area contributed by atoms with Crippen molar-refractivity contribution < 1.29 is 9.84 Å². The van der Waals surface area contributed by atoms with E-state index in [1.807, 2.05) is 24.3 Å². The summed E-state index contributed by atoms with van der Waals surface area (Å²) in [6.07, 6.45) is 4.61. The molecule has 2 aliphatic rings. The second-order valence-corrected chi connectivity index (χ2v) is 7.28. The molecule has 1 N–H and O–H groups in total. The van der Waals surface area contributed by atoms with Gasteiger partial charge < -0.3 is 9.84 Å². The van der Waals surface area contributed by atoms with Gasteiger partial charge in [-0.15, -0.1) is 0 Å². The maximum Gasteiger partial charge on any atom is 0.119 e. The summed E-state index contributed by atoms with van der Waals surface area (Å²) in [5.74, 6) is 0.765. The third-order valence-corrected chi connectivity index (χ3v) is 5.78. The minimum Gasteiger partial charge on any atom is -0.493 e. The second kappa shape index (κ2) is 5.67. The van der Waals surface area contributed by atoms with Gasteiger partial charge in [0.1, 0.15) is 12.4 Å². The monoisotopic (exact) mass is 289 g/mol. The van der Waals surface area contributed by atoms with E-state index in [9.17, 15) is 5.11 Å². The lowest BCUT2D eigenvalue weighted by molar-refractivity contribution is 0.0196. The highest BCUT2D eigenvalue weighted by molar-refractivity contribution is 8.00. The average Bonchev–Trinajstić information content (AvgIpc) is 2.79. The number of thioether (sulfide) groups is 1. The Morgan fingerprint density at radius 1 is 1.25 bits per heavy atom. The van der Waals surface area contributed by atoms with Crippen molar-refractivity contribution in [2.45, 2.75) is 48.2 Å². The smallest absolute Gasteiger partial charge is 0.119 e. The van der Waals surface area contributed by atoms with Crippen LogP contribution in [0.1, 0.15) is 37.7 Å². The summed E-state index contributed by atoms with van der Waals surface area (Å²) in [6.45, 7) is 0.418. The molecule has 2 saturated heterocycles. The van der Waals surface area contributed by atoms with E-state index in [1.54, 1.807) is 0 Å². The zero-order valence-electron chi connectivity index (χ0n) is 11.4. The van der Waals surface area contributed by atoms with Crippen LogP contribution < -0.4 is 4.74 Å². The summed E-state index contributed by atoms with van der Waals surface area (Å²) >= 11 is 2.05. The molecule has 4 heteroatoms. The number of fused-ring (bicyclic) bond motifs is 2. The van der Waals surface area contributed by atoms with E-state index in [-0.39, 0.29) is 0 Å². The molecule has 0 aliphatic carbocycles. The number of nitriles is 1. The minimum atomic E-state index is -0.664. The Morgan fingerprint density at radius 3 is 2.50 bits per heavy atom. The molecule has 2 unspecified atom stereocenters. The highest BCUT2D eigenvalue weighted by Crippen LogP contribution is 2.51. The van der Waals surface area contributed by atoms with Crippen LogP contribution in [-0.2, 0) is 5.60 Å². The fourth-order valence-electron chi connectivity index (χ4n) is 3.23. The molecule has 2 fully saturated rings. The Labute approximate surface area is 123 Å². The lowest BCUT2D eigenvalue weighted by Crippen LogP contribution is -2.34. The molecule has 20 heavy (non-hydrogen) atoms. The van der Waals surface area contributed by atoms with Crippen LogP contribution in [0.15, 0.2) is 24.3 Å². The maximum atomic E-state index is 10.9. The summed E-state index contributed by atoms with van der Waals surface area (Å²) in [5.41, 5.74) is 0.338. The summed E-state index contributed by atoms with van der Waals surface area (Å²) in [6, 6.07) is 9.79. The van der Waals surface area contributed by atoms with Crippen LogP contribution in [0, 0.1) is 11.3 Å². The van der Waals surface area contributed by atoms with E-state index < -0.39 is 5.60 Å². The molecule has 2 aliphatic heterocycles. The molecule has 106 valence electrons. The number of nitrogens with zero attached hydrogens (tertiary/aromatic N) is 1. The van der Waals surface area contributed by atoms with Crippen molar-refractivity contribution in [3.05, 3.63) is 29.8 Å². The standard InChI is InChI=1S/C16H19NO2S/c17-8-1-9-19-13-4-2-12(3-5-13)16(18)10-14-6-7-15(11-16)20-14/h2-5,14-15,18H,1,6-7,9-11H2. The van der Waals surface area contributed by atoms with Gasteiger partial charge in [-0.1, -0.05) is 12.1 Å². The zero-order chi connectivity index (χ0) is 14.0. The number of hydrogen-bond donors (Lipinski definition) is 1. The molecule has 2 bridgehead atoms. The lowest BCUT2D eigenvalue weighted by atomic mass is 9.86. The van der Waals surface area contributed by atoms with Gasteiger partial charge in [0.15, 0.2) is 0 Å². The number of benzene rings is 1. The van der Waals surface area contributed by atoms with Crippen LogP contribution in [0.4, 0.5) is 0 Å². The van der Waals surface area contributed by atoms with Crippen molar-refractivity contribution >= 4 is 11.8 Å². The van der Waals surface area contributed by atoms with Gasteiger partial charge in [0.25, 0.3) is 0 Å². The molecule has 0 aromatic heterocycles. The molecule has 2 heterocycles. The van der Waals surface area contributed by atoms with Gasteiger partial charge in [0.05, 0.1) is 18.1 Å². The van der Waals surface area contributed by atoms with Crippen LogP contribution in [-0.4, -0.2) is 22.2 Å². The van der Waals surface area contributed by atoms with Gasteiger partial charge in [0.2, 0.25) is 0 Å². The van der Waals surface area contributed by atoms with Crippen molar-refractivity contribution in [3.63, 3.8) is 0 Å². The van der Waals surface area contributed by atoms with E-state index in [2.05, 4.69) is 17.8 Å². The fraction of sp³-hybridized carbons (Fsp3) is 0.562. The first-order valence-corrected chi connectivity index (χ1v) is 8.12. The summed E-state index contributed by atoms with van der Waals surface area (Å²) < 4.78 is 5.47. The van der Waals surface area contributed by atoms with E-state index in [0.29, 0.717) is 23.5 Å². The van der Waals surface area contributed by atoms with E-state index in [0.717, 1.165) is 24.2 Å². The van der Waals surface area contributed by atoms with Crippen molar-refractivity contribution in [2.24, 2.45) is 0 Å². The highest BCUT2D eigenvalue weighted by atomic mass is 32.2. The maximum absolute atomic E-state index is 10.9. The third kappa shape index (κ3) is 2.79. The van der Waals surface area contributed by atoms with Crippen LogP contribution in [0.2, 0.25) is 0 Å². The minimum absolute atomic E-state index is 0.395. The molecular formula is C16H19NO2S. The number of rotatable bonds is 4. The topological polar surface area (TPSA) is 53.2 Å². The molecule has 0 amide bonds. The molecule has 0 saturated carbocycles. The average molecular weight is 289 g/mol. The lowest BCUT2D eigenvalue weighted by Gasteiger charge is -2.36. The number of ether oxygens (including phenoxy) is 1. The third-order valence-electron chi connectivity index (χ3n) is 4.20. The van der Waals surface area contributed by atoms with Crippen molar-refractivity contribution in [1.29, 1.82) is 5.26 Å². The molecular weight excluding hydrogens is 270 g/mol. The van der Waals surface area contributed by atoms with E-state index in [4.69, 9.17) is 10.00 Å². The largest absolute Gasteiger partial charge is 0.493 e. The molecule has 2 atom stereocenters. The SMILES string of the molecule is N#CCCOc1ccc(C2(O)CC3CCC(C2)S3)cc1. The van der Waals surface area contributed by atoms with E-state index in [1.165, 1.54) is 12.8 Å². The molecule has 1 aromatic rings. The Hall–Kier alpha value is -1.18. The predicted molar refractivity (Wildman–Crippen MR) is 79.7 cm³/mol. The number of hydrogen-bond acceptors (Lipinski definition) is 4. The Morgan fingerprint density at radius 2 is 1.90 bits per heavy atom. The first-order valence-electron chi connectivity index (χ1n) is 7.18. The summed E-state index contributed by atoms with van der Waals surface area (Å²) in [5, 5.41) is 20.6. The van der Waals surface area contributed by atoms with Gasteiger partial charge in [-0.05, 0) is 43.4 Å². The van der Waals surface area contributed by atoms with Crippen molar-refractivity contribution in [2.75, 3.05) is 6.61 Å². The van der Waals surface area contributed by atoms with Gasteiger partial charge in [-0.2, -0.15) is 17.0 Å². The normalized spacial score (nSPS) is 31.8. The molecule has 0 radical (unpaired) electrons.